The molecule has 9 heteroatoms. The van der Waals surface area contributed by atoms with E-state index >= 15 is 0 Å². The highest BCUT2D eigenvalue weighted by Gasteiger charge is 2.35. The lowest BCUT2D eigenvalue weighted by Crippen LogP contribution is -2.36. The predicted molar refractivity (Wildman–Crippen MR) is 99.8 cm³/mol. The maximum absolute atomic E-state index is 13.0. The summed E-state index contributed by atoms with van der Waals surface area (Å²) in [5.74, 6) is -1.86. The third kappa shape index (κ3) is 5.47. The van der Waals surface area contributed by atoms with Crippen LogP contribution in [0.3, 0.4) is 0 Å². The average Bonchev–Trinajstić information content (AvgIpc) is 2.72. The summed E-state index contributed by atoms with van der Waals surface area (Å²) in [5.41, 5.74) is -0.271. The highest BCUT2D eigenvalue weighted by molar-refractivity contribution is 5.96. The van der Waals surface area contributed by atoms with Crippen LogP contribution >= 0.6 is 0 Å². The van der Waals surface area contributed by atoms with Gasteiger partial charge in [0.2, 0.25) is 0 Å². The van der Waals surface area contributed by atoms with Crippen molar-refractivity contribution in [2.45, 2.75) is 6.18 Å². The number of nitrogens with zero attached hydrogens (tertiary/aromatic N) is 1. The van der Waals surface area contributed by atoms with Gasteiger partial charge >= 0.3 is 12.1 Å². The lowest BCUT2D eigenvalue weighted by molar-refractivity contribution is -0.138. The summed E-state index contributed by atoms with van der Waals surface area (Å²) in [5, 5.41) is 2.54. The Morgan fingerprint density at radius 2 is 1.69 bits per heavy atom. The summed E-state index contributed by atoms with van der Waals surface area (Å²) in [6, 6.07) is 11.3. The minimum Gasteiger partial charge on any atom is -0.452 e. The zero-order valence-corrected chi connectivity index (χ0v) is 15.4. The first-order chi connectivity index (χ1) is 13.8. The molecule has 154 valence electrons. The number of rotatable bonds is 5. The zero-order chi connectivity index (χ0) is 20.9. The minimum absolute atomic E-state index is 0.485. The summed E-state index contributed by atoms with van der Waals surface area (Å²) >= 11 is 0. The number of benzene rings is 2. The number of carbonyl (C=O) groups is 2. The summed E-state index contributed by atoms with van der Waals surface area (Å²) in [7, 11) is 0. The first-order valence-electron chi connectivity index (χ1n) is 8.90. The van der Waals surface area contributed by atoms with Crippen LogP contribution in [-0.2, 0) is 20.4 Å². The van der Waals surface area contributed by atoms with E-state index in [2.05, 4.69) is 10.2 Å². The maximum Gasteiger partial charge on any atom is 0.417 e. The molecule has 1 saturated heterocycles. The van der Waals surface area contributed by atoms with Crippen LogP contribution in [0.1, 0.15) is 15.9 Å². The summed E-state index contributed by atoms with van der Waals surface area (Å²) in [6.45, 7) is 2.17. The number of anilines is 2. The molecule has 1 aliphatic heterocycles. The van der Waals surface area contributed by atoms with Gasteiger partial charge in [-0.1, -0.05) is 12.1 Å². The lowest BCUT2D eigenvalue weighted by Gasteiger charge is -2.28. The SMILES string of the molecule is O=C(COC(=O)c1ccccc1C(F)(F)F)Nc1ccc(N2CCOCC2)cc1. The topological polar surface area (TPSA) is 67.9 Å². The molecule has 0 bridgehead atoms. The number of ether oxygens (including phenoxy) is 2. The van der Waals surface area contributed by atoms with Gasteiger partial charge in [0.1, 0.15) is 0 Å². The monoisotopic (exact) mass is 408 g/mol. The predicted octanol–water partition coefficient (Wildman–Crippen LogP) is 3.34. The number of hydrogen-bond acceptors (Lipinski definition) is 5. The van der Waals surface area contributed by atoms with Gasteiger partial charge < -0.3 is 19.7 Å². The van der Waals surface area contributed by atoms with Crippen LogP contribution in [-0.4, -0.2) is 44.8 Å². The quantitative estimate of drug-likeness (QED) is 0.769. The number of hydrogen-bond donors (Lipinski definition) is 1. The molecule has 0 saturated carbocycles. The van der Waals surface area contributed by atoms with Gasteiger partial charge in [0, 0.05) is 24.5 Å². The van der Waals surface area contributed by atoms with Crippen LogP contribution in [0, 0.1) is 0 Å². The molecular weight excluding hydrogens is 389 g/mol. The van der Waals surface area contributed by atoms with Gasteiger partial charge in [-0.15, -0.1) is 0 Å². The Morgan fingerprint density at radius 3 is 2.34 bits per heavy atom. The second kappa shape index (κ2) is 8.95. The van der Waals surface area contributed by atoms with Crippen molar-refractivity contribution < 1.29 is 32.2 Å². The van der Waals surface area contributed by atoms with E-state index in [-0.39, 0.29) is 0 Å². The minimum atomic E-state index is -4.69. The van der Waals surface area contributed by atoms with Crippen LogP contribution in [0.15, 0.2) is 48.5 Å². The Labute approximate surface area is 165 Å². The molecule has 0 atom stereocenters. The number of alkyl halides is 3. The summed E-state index contributed by atoms with van der Waals surface area (Å²) in [6.07, 6.45) is -4.69. The van der Waals surface area contributed by atoms with Crippen molar-refractivity contribution in [3.05, 3.63) is 59.7 Å². The Hall–Kier alpha value is -3.07. The second-order valence-electron chi connectivity index (χ2n) is 6.31. The van der Waals surface area contributed by atoms with E-state index < -0.39 is 35.8 Å². The Bertz CT molecular complexity index is 863. The molecule has 3 rings (SSSR count). The molecule has 0 aromatic heterocycles. The molecule has 0 radical (unpaired) electrons. The van der Waals surface area contributed by atoms with Crippen LogP contribution in [0.5, 0.6) is 0 Å². The molecule has 1 N–H and O–H groups in total. The zero-order valence-electron chi connectivity index (χ0n) is 15.4. The molecular formula is C20H19F3N2O4. The summed E-state index contributed by atoms with van der Waals surface area (Å²) < 4.78 is 48.9. The maximum atomic E-state index is 13.0. The fourth-order valence-corrected chi connectivity index (χ4v) is 2.89. The number of nitrogens with one attached hydrogen (secondary N) is 1. The fourth-order valence-electron chi connectivity index (χ4n) is 2.89. The number of esters is 1. The first-order valence-corrected chi connectivity index (χ1v) is 8.90. The Balaban J connectivity index is 1.54. The molecule has 2 aromatic carbocycles. The van der Waals surface area contributed by atoms with Crippen molar-refractivity contribution >= 4 is 23.3 Å². The van der Waals surface area contributed by atoms with Crippen LogP contribution in [0.25, 0.3) is 0 Å². The van der Waals surface area contributed by atoms with Gasteiger partial charge in [-0.05, 0) is 36.4 Å². The van der Waals surface area contributed by atoms with E-state index in [1.165, 1.54) is 12.1 Å². The van der Waals surface area contributed by atoms with Crippen molar-refractivity contribution in [3.8, 4) is 0 Å². The molecule has 6 nitrogen and oxygen atoms in total. The third-order valence-corrected chi connectivity index (χ3v) is 4.31. The lowest BCUT2D eigenvalue weighted by atomic mass is 10.1. The average molecular weight is 408 g/mol. The number of morpholine rings is 1. The van der Waals surface area contributed by atoms with E-state index in [0.29, 0.717) is 18.9 Å². The number of halogens is 3. The van der Waals surface area contributed by atoms with Crippen molar-refractivity contribution in [1.29, 1.82) is 0 Å². The van der Waals surface area contributed by atoms with Gasteiger partial charge in [-0.25, -0.2) is 4.79 Å². The van der Waals surface area contributed by atoms with Gasteiger partial charge in [-0.2, -0.15) is 13.2 Å². The second-order valence-corrected chi connectivity index (χ2v) is 6.31. The van der Waals surface area contributed by atoms with Crippen LogP contribution in [0.4, 0.5) is 24.5 Å². The van der Waals surface area contributed by atoms with E-state index in [1.54, 1.807) is 12.1 Å². The van der Waals surface area contributed by atoms with E-state index in [0.717, 1.165) is 30.9 Å². The molecule has 2 aromatic rings. The molecule has 1 aliphatic rings. The largest absolute Gasteiger partial charge is 0.452 e. The number of carbonyl (C=O) groups excluding carboxylic acids is 2. The van der Waals surface area contributed by atoms with Gasteiger partial charge in [0.15, 0.2) is 6.61 Å². The van der Waals surface area contributed by atoms with Crippen molar-refractivity contribution in [2.24, 2.45) is 0 Å². The highest BCUT2D eigenvalue weighted by atomic mass is 19.4. The Kier molecular flexibility index (Phi) is 6.38. The van der Waals surface area contributed by atoms with E-state index in [9.17, 15) is 22.8 Å². The van der Waals surface area contributed by atoms with Crippen molar-refractivity contribution in [3.63, 3.8) is 0 Å². The smallest absolute Gasteiger partial charge is 0.417 e. The molecule has 1 fully saturated rings. The molecule has 1 amide bonds. The molecule has 0 aliphatic carbocycles. The highest BCUT2D eigenvalue weighted by Crippen LogP contribution is 2.32. The fraction of sp³-hybridized carbons (Fsp3) is 0.300. The van der Waals surface area contributed by atoms with Gasteiger partial charge in [0.05, 0.1) is 24.3 Å². The van der Waals surface area contributed by atoms with Crippen molar-refractivity contribution in [1.82, 2.24) is 0 Å². The van der Waals surface area contributed by atoms with Gasteiger partial charge in [0.25, 0.3) is 5.91 Å². The van der Waals surface area contributed by atoms with E-state index in [4.69, 9.17) is 9.47 Å². The normalized spacial score (nSPS) is 14.4. The number of amides is 1. The Morgan fingerprint density at radius 1 is 1.03 bits per heavy atom. The third-order valence-electron chi connectivity index (χ3n) is 4.31. The van der Waals surface area contributed by atoms with Crippen molar-refractivity contribution in [2.75, 3.05) is 43.1 Å². The molecule has 29 heavy (non-hydrogen) atoms. The van der Waals surface area contributed by atoms with Gasteiger partial charge in [-0.3, -0.25) is 4.79 Å². The summed E-state index contributed by atoms with van der Waals surface area (Å²) in [4.78, 5) is 26.1. The molecule has 1 heterocycles. The molecule has 0 spiro atoms. The standard InChI is InChI=1S/C20H19F3N2O4/c21-20(22,23)17-4-2-1-3-16(17)19(27)29-13-18(26)24-14-5-7-15(8-6-14)25-9-11-28-12-10-25/h1-8H,9-13H2,(H,24,26). The van der Waals surface area contributed by atoms with Crippen LogP contribution in [0.2, 0.25) is 0 Å². The molecule has 0 unspecified atom stereocenters. The van der Waals surface area contributed by atoms with E-state index in [1.807, 2.05) is 12.1 Å². The van der Waals surface area contributed by atoms with Crippen LogP contribution < -0.4 is 10.2 Å². The first kappa shape index (κ1) is 20.7.